The summed E-state index contributed by atoms with van der Waals surface area (Å²) in [6.07, 6.45) is 0.920. The first-order chi connectivity index (χ1) is 10.6. The van der Waals surface area contributed by atoms with Crippen molar-refractivity contribution in [2.45, 2.75) is 19.4 Å². The smallest absolute Gasteiger partial charge is 0.276 e. The van der Waals surface area contributed by atoms with Gasteiger partial charge < -0.3 is 10.1 Å². The number of nitrogens with zero attached hydrogens (tertiary/aromatic N) is 1. The highest BCUT2D eigenvalue weighted by molar-refractivity contribution is 7.85. The van der Waals surface area contributed by atoms with E-state index in [0.29, 0.717) is 11.3 Å². The predicted molar refractivity (Wildman–Crippen MR) is 81.8 cm³/mol. The zero-order chi connectivity index (χ0) is 17.6. The normalized spacial score (nSPS) is 12.5. The van der Waals surface area contributed by atoms with E-state index < -0.39 is 27.0 Å². The summed E-state index contributed by atoms with van der Waals surface area (Å²) in [7, 11) is -2.30. The van der Waals surface area contributed by atoms with Crippen molar-refractivity contribution in [3.63, 3.8) is 0 Å². The molecule has 0 bridgehead atoms. The van der Waals surface area contributed by atoms with Gasteiger partial charge in [0.25, 0.3) is 15.8 Å². The molecule has 0 aromatic heterocycles. The highest BCUT2D eigenvalue weighted by Crippen LogP contribution is 2.25. The Kier molecular flexibility index (Phi) is 6.46. The minimum atomic E-state index is -3.69. The van der Waals surface area contributed by atoms with Gasteiger partial charge >= 0.3 is 0 Å². The number of carbonyl (C=O) groups is 1. The molecule has 0 heterocycles. The average molecular weight is 346 g/mol. The second kappa shape index (κ2) is 7.88. The second-order valence-corrected chi connectivity index (χ2v) is 6.49. The third-order valence-corrected chi connectivity index (χ3v) is 3.41. The van der Waals surface area contributed by atoms with Crippen molar-refractivity contribution in [2.24, 2.45) is 0 Å². The molecule has 1 amide bonds. The van der Waals surface area contributed by atoms with Crippen LogP contribution in [-0.2, 0) is 25.5 Å². The summed E-state index contributed by atoms with van der Waals surface area (Å²) in [5.74, 6) is -0.0767. The van der Waals surface area contributed by atoms with Crippen LogP contribution in [0.2, 0.25) is 0 Å². The van der Waals surface area contributed by atoms with Crippen LogP contribution in [-0.4, -0.2) is 45.3 Å². The Hall–Kier alpha value is -2.20. The van der Waals surface area contributed by atoms with Crippen molar-refractivity contribution in [3.05, 3.63) is 33.9 Å². The molecule has 0 unspecified atom stereocenters. The Morgan fingerprint density at radius 1 is 1.43 bits per heavy atom. The summed E-state index contributed by atoms with van der Waals surface area (Å²) in [6, 6.07) is 3.57. The zero-order valence-corrected chi connectivity index (χ0v) is 13.8. The van der Waals surface area contributed by atoms with Crippen LogP contribution in [0.15, 0.2) is 18.2 Å². The van der Waals surface area contributed by atoms with Crippen molar-refractivity contribution in [1.29, 1.82) is 0 Å². The van der Waals surface area contributed by atoms with Gasteiger partial charge in [0.15, 0.2) is 0 Å². The average Bonchev–Trinajstić information content (AvgIpc) is 2.43. The number of nitro groups is 1. The Morgan fingerprint density at radius 2 is 2.09 bits per heavy atom. The molecule has 10 heteroatoms. The van der Waals surface area contributed by atoms with Crippen molar-refractivity contribution >= 4 is 21.7 Å². The van der Waals surface area contributed by atoms with Gasteiger partial charge in [-0.3, -0.25) is 19.1 Å². The first kappa shape index (κ1) is 18.8. The van der Waals surface area contributed by atoms with Crippen LogP contribution in [0.3, 0.4) is 0 Å². The molecule has 9 nitrogen and oxygen atoms in total. The molecule has 0 radical (unpaired) electrons. The molecule has 0 spiro atoms. The van der Waals surface area contributed by atoms with E-state index in [2.05, 4.69) is 9.50 Å². The largest absolute Gasteiger partial charge is 0.497 e. The Bertz CT molecular complexity index is 688. The lowest BCUT2D eigenvalue weighted by Gasteiger charge is -2.17. The first-order valence-corrected chi connectivity index (χ1v) is 8.37. The van der Waals surface area contributed by atoms with Crippen LogP contribution >= 0.6 is 0 Å². The molecular formula is C13H18N2O7S. The molecule has 1 rings (SSSR count). The fraction of sp³-hybridized carbons (Fsp3) is 0.462. The van der Waals surface area contributed by atoms with Gasteiger partial charge in [-0.1, -0.05) is 0 Å². The summed E-state index contributed by atoms with van der Waals surface area (Å²) in [6.45, 7) is 0.942. The number of nitrogens with one attached hydrogen (secondary N) is 1. The summed E-state index contributed by atoms with van der Waals surface area (Å²) in [5.41, 5.74) is 0.144. The van der Waals surface area contributed by atoms with Gasteiger partial charge in [-0.25, -0.2) is 0 Å². The number of benzene rings is 1. The third kappa shape index (κ3) is 6.61. The topological polar surface area (TPSA) is 125 Å². The lowest BCUT2D eigenvalue weighted by atomic mass is 10.0. The number of amides is 1. The van der Waals surface area contributed by atoms with Crippen LogP contribution in [0.4, 0.5) is 5.69 Å². The van der Waals surface area contributed by atoms with E-state index >= 15 is 0 Å². The summed E-state index contributed by atoms with van der Waals surface area (Å²) in [4.78, 5) is 21.8. The fourth-order valence-corrected chi connectivity index (χ4v) is 2.33. The third-order valence-electron chi connectivity index (χ3n) is 2.85. The SMILES string of the molecule is COc1ccc(C[C@@H](COS(C)(=O)=O)NC(C)=O)c([N+](=O)[O-])c1. The minimum Gasteiger partial charge on any atom is -0.497 e. The molecular weight excluding hydrogens is 328 g/mol. The molecule has 128 valence electrons. The molecule has 1 atom stereocenters. The molecule has 1 aromatic rings. The minimum absolute atomic E-state index is 0.0371. The summed E-state index contributed by atoms with van der Waals surface area (Å²) in [5, 5.41) is 13.7. The van der Waals surface area contributed by atoms with E-state index in [-0.39, 0.29) is 18.7 Å². The first-order valence-electron chi connectivity index (χ1n) is 6.55. The molecule has 0 aliphatic heterocycles. The van der Waals surface area contributed by atoms with Gasteiger partial charge in [0.05, 0.1) is 37.0 Å². The van der Waals surface area contributed by atoms with Crippen LogP contribution < -0.4 is 10.1 Å². The maximum Gasteiger partial charge on any atom is 0.276 e. The van der Waals surface area contributed by atoms with Gasteiger partial charge in [-0.05, 0) is 12.1 Å². The van der Waals surface area contributed by atoms with E-state index in [4.69, 9.17) is 4.74 Å². The number of rotatable bonds is 8. The van der Waals surface area contributed by atoms with Gasteiger partial charge in [-0.2, -0.15) is 8.42 Å². The molecule has 0 aliphatic carbocycles. The summed E-state index contributed by atoms with van der Waals surface area (Å²) >= 11 is 0. The van der Waals surface area contributed by atoms with E-state index in [1.54, 1.807) is 6.07 Å². The van der Waals surface area contributed by atoms with Gasteiger partial charge in [0, 0.05) is 18.9 Å². The number of hydrogen-bond acceptors (Lipinski definition) is 7. The van der Waals surface area contributed by atoms with E-state index in [0.717, 1.165) is 6.26 Å². The Morgan fingerprint density at radius 3 is 2.57 bits per heavy atom. The quantitative estimate of drug-likeness (QED) is 0.415. The fourth-order valence-electron chi connectivity index (χ4n) is 1.92. The lowest BCUT2D eigenvalue weighted by Crippen LogP contribution is -2.39. The predicted octanol–water partition coefficient (Wildman–Crippen LogP) is 0.627. The molecule has 1 N–H and O–H groups in total. The van der Waals surface area contributed by atoms with Crippen molar-refractivity contribution < 1.29 is 27.1 Å². The van der Waals surface area contributed by atoms with Crippen LogP contribution in [0.25, 0.3) is 0 Å². The molecule has 0 aliphatic rings. The van der Waals surface area contributed by atoms with Crippen molar-refractivity contribution in [2.75, 3.05) is 20.0 Å². The van der Waals surface area contributed by atoms with Crippen molar-refractivity contribution in [3.8, 4) is 5.75 Å². The monoisotopic (exact) mass is 346 g/mol. The van der Waals surface area contributed by atoms with Crippen molar-refractivity contribution in [1.82, 2.24) is 5.32 Å². The number of hydrogen-bond donors (Lipinski definition) is 1. The Balaban J connectivity index is 3.02. The molecule has 0 fully saturated rings. The number of methoxy groups -OCH3 is 1. The van der Waals surface area contributed by atoms with Crippen LogP contribution in [0.1, 0.15) is 12.5 Å². The number of nitro benzene ring substituents is 1. The number of ether oxygens (including phenoxy) is 1. The van der Waals surface area contributed by atoms with E-state index in [1.165, 1.54) is 26.2 Å². The zero-order valence-electron chi connectivity index (χ0n) is 12.9. The maximum atomic E-state index is 11.2. The van der Waals surface area contributed by atoms with E-state index in [1.807, 2.05) is 0 Å². The second-order valence-electron chi connectivity index (χ2n) is 4.84. The highest BCUT2D eigenvalue weighted by atomic mass is 32.2. The molecule has 23 heavy (non-hydrogen) atoms. The van der Waals surface area contributed by atoms with Crippen LogP contribution in [0, 0.1) is 10.1 Å². The number of carbonyl (C=O) groups excluding carboxylic acids is 1. The van der Waals surface area contributed by atoms with E-state index in [9.17, 15) is 23.3 Å². The van der Waals surface area contributed by atoms with Crippen LogP contribution in [0.5, 0.6) is 5.75 Å². The van der Waals surface area contributed by atoms with Gasteiger partial charge in [-0.15, -0.1) is 0 Å². The Labute approximate surface area is 133 Å². The summed E-state index contributed by atoms with van der Waals surface area (Å²) < 4.78 is 31.8. The molecule has 0 saturated heterocycles. The lowest BCUT2D eigenvalue weighted by molar-refractivity contribution is -0.385. The molecule has 0 saturated carbocycles. The standard InChI is InChI=1S/C13H18N2O7S/c1-9(16)14-11(8-22-23(3,19)20)6-10-4-5-12(21-2)7-13(10)15(17)18/h4-5,7,11H,6,8H2,1-3H3,(H,14,16)/t11-/m0/s1. The highest BCUT2D eigenvalue weighted by Gasteiger charge is 2.21. The van der Waals surface area contributed by atoms with Gasteiger partial charge in [0.1, 0.15) is 5.75 Å². The van der Waals surface area contributed by atoms with Gasteiger partial charge in [0.2, 0.25) is 5.91 Å². The maximum absolute atomic E-state index is 11.2. The molecule has 1 aromatic carbocycles.